The lowest BCUT2D eigenvalue weighted by Crippen LogP contribution is -1.99. The number of carbonyl (C=O) groups is 1. The third kappa shape index (κ3) is 2.47. The van der Waals surface area contributed by atoms with Crippen molar-refractivity contribution in [1.29, 1.82) is 0 Å². The lowest BCUT2D eigenvalue weighted by molar-refractivity contribution is -0.118. The minimum absolute atomic E-state index is 0.116. The smallest absolute Gasteiger partial charge is 0.157 e. The molecule has 1 rings (SSSR count). The molecule has 0 unspecified atom stereocenters. The maximum Gasteiger partial charge on any atom is 0.157 e. The number of phenolic OH excluding ortho intramolecular Hbond substituents is 2. The van der Waals surface area contributed by atoms with Gasteiger partial charge in [-0.1, -0.05) is 13.0 Å². The molecule has 1 aromatic rings. The van der Waals surface area contributed by atoms with Crippen LogP contribution in [0.3, 0.4) is 0 Å². The first-order valence-electron chi connectivity index (χ1n) is 4.16. The second-order valence-corrected chi connectivity index (χ2v) is 2.89. The van der Waals surface area contributed by atoms with Gasteiger partial charge in [0.15, 0.2) is 11.5 Å². The number of phenols is 2. The Balaban J connectivity index is 2.79. The van der Waals surface area contributed by atoms with E-state index in [0.29, 0.717) is 12.8 Å². The van der Waals surface area contributed by atoms with Crippen LogP contribution in [0.1, 0.15) is 18.9 Å². The van der Waals surface area contributed by atoms with Crippen molar-refractivity contribution in [2.75, 3.05) is 0 Å². The van der Waals surface area contributed by atoms with Crippen molar-refractivity contribution in [2.24, 2.45) is 0 Å². The summed E-state index contributed by atoms with van der Waals surface area (Å²) >= 11 is 0. The van der Waals surface area contributed by atoms with Gasteiger partial charge in [-0.15, -0.1) is 0 Å². The van der Waals surface area contributed by atoms with Gasteiger partial charge in [0, 0.05) is 12.8 Å². The molecule has 0 atom stereocenters. The van der Waals surface area contributed by atoms with Crippen LogP contribution >= 0.6 is 0 Å². The molecule has 0 aliphatic heterocycles. The Hall–Kier alpha value is -1.51. The fourth-order valence-electron chi connectivity index (χ4n) is 1.03. The maximum absolute atomic E-state index is 11.0. The molecule has 0 aliphatic rings. The molecule has 0 amide bonds. The fraction of sp³-hybridized carbons (Fsp3) is 0.300. The SMILES string of the molecule is CCC(=O)Cc1ccc(O)c(O)c1. The standard InChI is InChI=1S/C10H12O3/c1-2-8(11)5-7-3-4-9(12)10(13)6-7/h3-4,6,12-13H,2,5H2,1H3. The van der Waals surface area contributed by atoms with E-state index in [0.717, 1.165) is 5.56 Å². The zero-order valence-electron chi connectivity index (χ0n) is 7.45. The number of benzene rings is 1. The van der Waals surface area contributed by atoms with Crippen LogP contribution in [-0.2, 0) is 11.2 Å². The van der Waals surface area contributed by atoms with Crippen molar-refractivity contribution in [2.45, 2.75) is 19.8 Å². The minimum atomic E-state index is -0.179. The molecule has 13 heavy (non-hydrogen) atoms. The first-order valence-corrected chi connectivity index (χ1v) is 4.16. The van der Waals surface area contributed by atoms with E-state index in [-0.39, 0.29) is 17.3 Å². The molecule has 0 spiro atoms. The van der Waals surface area contributed by atoms with Crippen LogP contribution in [0.2, 0.25) is 0 Å². The van der Waals surface area contributed by atoms with E-state index in [2.05, 4.69) is 0 Å². The summed E-state index contributed by atoms with van der Waals surface area (Å²) in [6, 6.07) is 4.42. The summed E-state index contributed by atoms with van der Waals surface area (Å²) in [4.78, 5) is 11.0. The normalized spacial score (nSPS) is 9.92. The van der Waals surface area contributed by atoms with E-state index in [1.807, 2.05) is 0 Å². The maximum atomic E-state index is 11.0. The molecule has 0 fully saturated rings. The van der Waals surface area contributed by atoms with Gasteiger partial charge in [-0.25, -0.2) is 0 Å². The molecule has 0 heterocycles. The molecule has 0 aliphatic carbocycles. The number of hydrogen-bond acceptors (Lipinski definition) is 3. The average molecular weight is 180 g/mol. The van der Waals surface area contributed by atoms with Gasteiger partial charge in [-0.2, -0.15) is 0 Å². The van der Waals surface area contributed by atoms with Crippen molar-refractivity contribution < 1.29 is 15.0 Å². The lowest BCUT2D eigenvalue weighted by Gasteiger charge is -2.01. The lowest BCUT2D eigenvalue weighted by atomic mass is 10.1. The Morgan fingerprint density at radius 1 is 1.31 bits per heavy atom. The molecule has 3 heteroatoms. The van der Waals surface area contributed by atoms with Crippen molar-refractivity contribution >= 4 is 5.78 Å². The van der Waals surface area contributed by atoms with Gasteiger partial charge in [0.1, 0.15) is 5.78 Å². The van der Waals surface area contributed by atoms with Gasteiger partial charge in [0.05, 0.1) is 0 Å². The second-order valence-electron chi connectivity index (χ2n) is 2.89. The minimum Gasteiger partial charge on any atom is -0.504 e. The Bertz CT molecular complexity index is 318. The number of ketones is 1. The highest BCUT2D eigenvalue weighted by Gasteiger charge is 2.04. The Kier molecular flexibility index (Phi) is 2.90. The first kappa shape index (κ1) is 9.58. The van der Waals surface area contributed by atoms with E-state index in [1.165, 1.54) is 12.1 Å². The largest absolute Gasteiger partial charge is 0.504 e. The van der Waals surface area contributed by atoms with Gasteiger partial charge in [-0.05, 0) is 17.7 Å². The number of hydrogen-bond donors (Lipinski definition) is 2. The highest BCUT2D eigenvalue weighted by atomic mass is 16.3. The highest BCUT2D eigenvalue weighted by molar-refractivity contribution is 5.80. The summed E-state index contributed by atoms with van der Waals surface area (Å²) in [6.45, 7) is 1.79. The molecule has 1 aromatic carbocycles. The zero-order valence-corrected chi connectivity index (χ0v) is 7.45. The number of aromatic hydroxyl groups is 2. The molecule has 2 N–H and O–H groups in total. The Labute approximate surface area is 76.6 Å². The number of Topliss-reactive ketones (excluding diaryl/α,β-unsaturated/α-hetero) is 1. The quantitative estimate of drug-likeness (QED) is 0.695. The van der Waals surface area contributed by atoms with Gasteiger partial charge in [0.25, 0.3) is 0 Å². The fourth-order valence-corrected chi connectivity index (χ4v) is 1.03. The predicted molar refractivity (Wildman–Crippen MR) is 48.8 cm³/mol. The van der Waals surface area contributed by atoms with Gasteiger partial charge >= 0.3 is 0 Å². The summed E-state index contributed by atoms with van der Waals surface area (Å²) in [6.07, 6.45) is 0.798. The summed E-state index contributed by atoms with van der Waals surface area (Å²) in [5, 5.41) is 18.1. The van der Waals surface area contributed by atoms with Crippen LogP contribution in [0.5, 0.6) is 11.5 Å². The molecule has 0 bridgehead atoms. The van der Waals surface area contributed by atoms with E-state index in [1.54, 1.807) is 13.0 Å². The van der Waals surface area contributed by atoms with E-state index in [4.69, 9.17) is 10.2 Å². The van der Waals surface area contributed by atoms with Crippen molar-refractivity contribution in [1.82, 2.24) is 0 Å². The van der Waals surface area contributed by atoms with Crippen LogP contribution in [0, 0.1) is 0 Å². The van der Waals surface area contributed by atoms with Gasteiger partial charge < -0.3 is 10.2 Å². The van der Waals surface area contributed by atoms with Crippen LogP contribution < -0.4 is 0 Å². The van der Waals surface area contributed by atoms with Crippen LogP contribution in [-0.4, -0.2) is 16.0 Å². The van der Waals surface area contributed by atoms with Crippen LogP contribution in [0.15, 0.2) is 18.2 Å². The topological polar surface area (TPSA) is 57.5 Å². The predicted octanol–water partition coefficient (Wildman–Crippen LogP) is 1.62. The van der Waals surface area contributed by atoms with E-state index in [9.17, 15) is 4.79 Å². The molecule has 0 saturated carbocycles. The number of rotatable bonds is 3. The Morgan fingerprint density at radius 3 is 2.54 bits per heavy atom. The van der Waals surface area contributed by atoms with Crippen molar-refractivity contribution in [3.05, 3.63) is 23.8 Å². The second kappa shape index (κ2) is 3.94. The van der Waals surface area contributed by atoms with E-state index >= 15 is 0 Å². The number of carbonyl (C=O) groups excluding carboxylic acids is 1. The summed E-state index contributed by atoms with van der Waals surface area (Å²) in [5.41, 5.74) is 0.724. The Morgan fingerprint density at radius 2 is 2.00 bits per heavy atom. The molecule has 0 saturated heterocycles. The molecule has 0 radical (unpaired) electrons. The van der Waals surface area contributed by atoms with Gasteiger partial charge in [-0.3, -0.25) is 4.79 Å². The zero-order chi connectivity index (χ0) is 9.84. The molecule has 3 nitrogen and oxygen atoms in total. The van der Waals surface area contributed by atoms with Crippen molar-refractivity contribution in [3.63, 3.8) is 0 Å². The third-order valence-electron chi connectivity index (χ3n) is 1.84. The third-order valence-corrected chi connectivity index (χ3v) is 1.84. The van der Waals surface area contributed by atoms with Crippen LogP contribution in [0.4, 0.5) is 0 Å². The highest BCUT2D eigenvalue weighted by Crippen LogP contribution is 2.25. The molecular weight excluding hydrogens is 168 g/mol. The summed E-state index contributed by atoms with van der Waals surface area (Å²) in [7, 11) is 0. The molecule has 70 valence electrons. The summed E-state index contributed by atoms with van der Waals surface area (Å²) in [5.74, 6) is -0.223. The van der Waals surface area contributed by atoms with Crippen molar-refractivity contribution in [3.8, 4) is 11.5 Å². The molecular formula is C10H12O3. The molecule has 0 aromatic heterocycles. The monoisotopic (exact) mass is 180 g/mol. The summed E-state index contributed by atoms with van der Waals surface area (Å²) < 4.78 is 0. The first-order chi connectivity index (χ1) is 6.13. The average Bonchev–Trinajstić information content (AvgIpc) is 2.11. The van der Waals surface area contributed by atoms with Crippen LogP contribution in [0.25, 0.3) is 0 Å². The van der Waals surface area contributed by atoms with E-state index < -0.39 is 0 Å². The van der Waals surface area contributed by atoms with Gasteiger partial charge in [0.2, 0.25) is 0 Å².